The van der Waals surface area contributed by atoms with Crippen molar-refractivity contribution in [2.75, 3.05) is 24.7 Å². The van der Waals surface area contributed by atoms with Crippen LogP contribution in [0.2, 0.25) is 0 Å². The molecule has 0 atom stereocenters. The van der Waals surface area contributed by atoms with Crippen molar-refractivity contribution >= 4 is 17.6 Å². The summed E-state index contributed by atoms with van der Waals surface area (Å²) in [7, 11) is 4.05. The first-order valence-electron chi connectivity index (χ1n) is 10.1. The quantitative estimate of drug-likeness (QED) is 0.353. The van der Waals surface area contributed by atoms with Crippen LogP contribution >= 0.6 is 0 Å². The van der Waals surface area contributed by atoms with Crippen molar-refractivity contribution < 1.29 is 8.94 Å². The maximum absolute atomic E-state index is 5.86. The van der Waals surface area contributed by atoms with E-state index in [1.165, 1.54) is 0 Å². The number of hydrogen-bond acceptors (Lipinski definition) is 9. The van der Waals surface area contributed by atoms with Crippen LogP contribution in [0.3, 0.4) is 0 Å². The Bertz CT molecular complexity index is 1110. The largest absolute Gasteiger partial charge is 0.465 e. The number of hydrogen-bond donors (Lipinski definition) is 3. The number of aromatic nitrogens is 5. The van der Waals surface area contributed by atoms with Gasteiger partial charge in [0, 0.05) is 30.4 Å². The standard InChI is InChI=1S/C21H26N8O2/c1-14-10-18(31-28-14)12-23-21-22-9-8-19(25-21)24-20-11-15(26-27-20)4-5-16-6-7-17(30-16)13-29(2)3/h6-11H,4-5,12-13H2,1-3H3,(H3,22,23,24,25,26,27). The molecule has 4 aromatic heterocycles. The van der Waals surface area contributed by atoms with Gasteiger partial charge in [-0.2, -0.15) is 10.1 Å². The smallest absolute Gasteiger partial charge is 0.224 e. The summed E-state index contributed by atoms with van der Waals surface area (Å²) in [4.78, 5) is 10.8. The molecule has 0 aliphatic heterocycles. The fourth-order valence-electron chi connectivity index (χ4n) is 3.08. The lowest BCUT2D eigenvalue weighted by atomic mass is 10.2. The molecule has 31 heavy (non-hydrogen) atoms. The Labute approximate surface area is 180 Å². The second-order valence-corrected chi connectivity index (χ2v) is 7.56. The molecule has 10 nitrogen and oxygen atoms in total. The van der Waals surface area contributed by atoms with Gasteiger partial charge in [0.2, 0.25) is 5.95 Å². The summed E-state index contributed by atoms with van der Waals surface area (Å²) in [5.41, 5.74) is 1.85. The van der Waals surface area contributed by atoms with Crippen molar-refractivity contribution in [2.24, 2.45) is 0 Å². The summed E-state index contributed by atoms with van der Waals surface area (Å²) in [6.07, 6.45) is 3.29. The minimum Gasteiger partial charge on any atom is -0.465 e. The zero-order chi connectivity index (χ0) is 21.6. The first kappa shape index (κ1) is 20.6. The topological polar surface area (TPSA) is 121 Å². The van der Waals surface area contributed by atoms with Crippen molar-refractivity contribution in [3.05, 3.63) is 65.2 Å². The molecule has 4 aromatic rings. The molecule has 0 saturated carbocycles. The van der Waals surface area contributed by atoms with E-state index in [-0.39, 0.29) is 0 Å². The molecule has 0 aliphatic rings. The highest BCUT2D eigenvalue weighted by Crippen LogP contribution is 2.17. The van der Waals surface area contributed by atoms with Gasteiger partial charge in [-0.05, 0) is 45.6 Å². The molecule has 0 fully saturated rings. The molecule has 3 N–H and O–H groups in total. The maximum Gasteiger partial charge on any atom is 0.224 e. The third-order valence-corrected chi connectivity index (χ3v) is 4.47. The van der Waals surface area contributed by atoms with Crippen LogP contribution in [-0.4, -0.2) is 44.3 Å². The van der Waals surface area contributed by atoms with E-state index in [1.54, 1.807) is 12.3 Å². The Morgan fingerprint density at radius 1 is 1.03 bits per heavy atom. The number of rotatable bonds is 10. The SMILES string of the molecule is Cc1cc(CNc2nccc(Nc3cc(CCc4ccc(CN(C)C)o4)[nH]n3)n2)on1. The Morgan fingerprint density at radius 2 is 1.90 bits per heavy atom. The lowest BCUT2D eigenvalue weighted by molar-refractivity contribution is 0.341. The molecular weight excluding hydrogens is 396 g/mol. The van der Waals surface area contributed by atoms with Crippen LogP contribution in [0.25, 0.3) is 0 Å². The molecule has 10 heteroatoms. The molecule has 0 unspecified atom stereocenters. The Balaban J connectivity index is 1.29. The molecule has 0 radical (unpaired) electrons. The molecular formula is C21H26N8O2. The van der Waals surface area contributed by atoms with Gasteiger partial charge in [-0.15, -0.1) is 0 Å². The highest BCUT2D eigenvalue weighted by molar-refractivity contribution is 5.53. The number of nitrogens with one attached hydrogen (secondary N) is 3. The Morgan fingerprint density at radius 3 is 2.71 bits per heavy atom. The van der Waals surface area contributed by atoms with Crippen LogP contribution in [-0.2, 0) is 25.9 Å². The summed E-state index contributed by atoms with van der Waals surface area (Å²) in [5, 5.41) is 17.6. The molecule has 0 bridgehead atoms. The van der Waals surface area contributed by atoms with Gasteiger partial charge < -0.3 is 24.5 Å². The van der Waals surface area contributed by atoms with E-state index in [1.807, 2.05) is 45.3 Å². The Hall–Kier alpha value is -3.66. The number of nitrogens with zero attached hydrogens (tertiary/aromatic N) is 5. The van der Waals surface area contributed by atoms with Gasteiger partial charge in [-0.1, -0.05) is 5.16 Å². The van der Waals surface area contributed by atoms with Gasteiger partial charge in [-0.3, -0.25) is 5.10 Å². The fraction of sp³-hybridized carbons (Fsp3) is 0.333. The minimum absolute atomic E-state index is 0.458. The van der Waals surface area contributed by atoms with Crippen LogP contribution in [0, 0.1) is 6.92 Å². The Kier molecular flexibility index (Phi) is 6.27. The molecule has 0 aromatic carbocycles. The second kappa shape index (κ2) is 9.43. The monoisotopic (exact) mass is 422 g/mol. The van der Waals surface area contributed by atoms with E-state index in [0.29, 0.717) is 24.1 Å². The van der Waals surface area contributed by atoms with E-state index in [0.717, 1.165) is 48.1 Å². The number of aryl methyl sites for hydroxylation is 3. The maximum atomic E-state index is 5.86. The van der Waals surface area contributed by atoms with Crippen LogP contribution in [0.4, 0.5) is 17.6 Å². The zero-order valence-corrected chi connectivity index (χ0v) is 17.8. The van der Waals surface area contributed by atoms with Crippen LogP contribution in [0.5, 0.6) is 0 Å². The summed E-state index contributed by atoms with van der Waals surface area (Å²) in [6, 6.07) is 9.68. The van der Waals surface area contributed by atoms with Crippen LogP contribution in [0.15, 0.2) is 45.5 Å². The first-order valence-corrected chi connectivity index (χ1v) is 10.1. The molecule has 0 aliphatic carbocycles. The van der Waals surface area contributed by atoms with E-state index in [4.69, 9.17) is 8.94 Å². The molecule has 0 spiro atoms. The normalized spacial score (nSPS) is 11.2. The lowest BCUT2D eigenvalue weighted by Crippen LogP contribution is -2.09. The predicted octanol–water partition coefficient (Wildman–Crippen LogP) is 3.29. The average molecular weight is 422 g/mol. The van der Waals surface area contributed by atoms with Crippen LogP contribution in [0.1, 0.15) is 28.7 Å². The summed E-state index contributed by atoms with van der Waals surface area (Å²) in [6.45, 7) is 3.13. The van der Waals surface area contributed by atoms with E-state index in [2.05, 4.69) is 40.9 Å². The number of aromatic amines is 1. The highest BCUT2D eigenvalue weighted by atomic mass is 16.5. The molecule has 0 saturated heterocycles. The van der Waals surface area contributed by atoms with Crippen molar-refractivity contribution in [2.45, 2.75) is 32.9 Å². The summed E-state index contributed by atoms with van der Waals surface area (Å²) in [5.74, 6) is 4.48. The lowest BCUT2D eigenvalue weighted by Gasteiger charge is -2.05. The summed E-state index contributed by atoms with van der Waals surface area (Å²) >= 11 is 0. The van der Waals surface area contributed by atoms with Gasteiger partial charge >= 0.3 is 0 Å². The molecule has 0 amide bonds. The van der Waals surface area contributed by atoms with Crippen molar-refractivity contribution in [3.63, 3.8) is 0 Å². The van der Waals surface area contributed by atoms with Gasteiger partial charge in [0.25, 0.3) is 0 Å². The van der Waals surface area contributed by atoms with Gasteiger partial charge in [0.15, 0.2) is 11.6 Å². The van der Waals surface area contributed by atoms with Gasteiger partial charge in [0.05, 0.1) is 18.8 Å². The minimum atomic E-state index is 0.458. The summed E-state index contributed by atoms with van der Waals surface area (Å²) < 4.78 is 11.0. The van der Waals surface area contributed by atoms with E-state index in [9.17, 15) is 0 Å². The zero-order valence-electron chi connectivity index (χ0n) is 17.8. The third-order valence-electron chi connectivity index (χ3n) is 4.47. The highest BCUT2D eigenvalue weighted by Gasteiger charge is 2.08. The third kappa shape index (κ3) is 5.92. The number of furan rings is 1. The van der Waals surface area contributed by atoms with Gasteiger partial charge in [0.1, 0.15) is 17.3 Å². The van der Waals surface area contributed by atoms with Gasteiger partial charge in [-0.25, -0.2) is 4.98 Å². The number of anilines is 3. The van der Waals surface area contributed by atoms with E-state index >= 15 is 0 Å². The molecule has 162 valence electrons. The van der Waals surface area contributed by atoms with E-state index < -0.39 is 0 Å². The van der Waals surface area contributed by atoms with Crippen molar-refractivity contribution in [1.29, 1.82) is 0 Å². The molecule has 4 rings (SSSR count). The second-order valence-electron chi connectivity index (χ2n) is 7.56. The van der Waals surface area contributed by atoms with Crippen molar-refractivity contribution in [3.8, 4) is 0 Å². The number of H-pyrrole nitrogens is 1. The van der Waals surface area contributed by atoms with Crippen molar-refractivity contribution in [1.82, 2.24) is 30.2 Å². The first-order chi connectivity index (χ1) is 15.0. The fourth-order valence-corrected chi connectivity index (χ4v) is 3.08. The predicted molar refractivity (Wildman–Crippen MR) is 116 cm³/mol. The molecule has 4 heterocycles. The average Bonchev–Trinajstić information content (AvgIpc) is 3.47. The van der Waals surface area contributed by atoms with Crippen LogP contribution < -0.4 is 10.6 Å².